The Hall–Kier alpha value is -0.510. The first-order valence-electron chi connectivity index (χ1n) is 3.09. The van der Waals surface area contributed by atoms with E-state index in [2.05, 4.69) is 0 Å². The minimum Gasteiger partial charge on any atom is -0.473 e. The topological polar surface area (TPSA) is 40.3 Å². The molecule has 0 aromatic rings. The van der Waals surface area contributed by atoms with Crippen LogP contribution in [0.25, 0.3) is 0 Å². The van der Waals surface area contributed by atoms with Gasteiger partial charge in [-0.1, -0.05) is 0 Å². The molecule has 56 valence electrons. The second-order valence-corrected chi connectivity index (χ2v) is 3.39. The van der Waals surface area contributed by atoms with Gasteiger partial charge in [-0.05, 0) is 18.7 Å². The molecule has 1 unspecified atom stereocenters. The van der Waals surface area contributed by atoms with Gasteiger partial charge in [0.2, 0.25) is 0 Å². The number of hydrogen-bond donors (Lipinski definition) is 1. The molecule has 1 heterocycles. The van der Waals surface area contributed by atoms with Gasteiger partial charge in [-0.25, -0.2) is 9.37 Å². The maximum atomic E-state index is 10.5. The van der Waals surface area contributed by atoms with E-state index in [0.717, 1.165) is 5.75 Å². The minimum atomic E-state index is -0.808. The fraction of sp³-hybridized carbons (Fsp3) is 0.667. The Morgan fingerprint density at radius 1 is 1.90 bits per heavy atom. The lowest BCUT2D eigenvalue weighted by Gasteiger charge is -1.94. The fourth-order valence-electron chi connectivity index (χ4n) is 0.826. The Labute approximate surface area is 63.7 Å². The van der Waals surface area contributed by atoms with E-state index in [0.29, 0.717) is 11.1 Å². The van der Waals surface area contributed by atoms with Crippen molar-refractivity contribution in [3.05, 3.63) is 0 Å². The van der Waals surface area contributed by atoms with E-state index in [9.17, 15) is 4.79 Å². The van der Waals surface area contributed by atoms with E-state index < -0.39 is 5.97 Å². The standard InChI is InChI=1S/C6H9NO2S/c1-4-3-10-5(6(8)9)7(4)2/h4H,3H2,1-2H3/p+1. The highest BCUT2D eigenvalue weighted by Crippen LogP contribution is 2.15. The third-order valence-corrected chi connectivity index (χ3v) is 3.01. The van der Waals surface area contributed by atoms with Crippen molar-refractivity contribution in [1.29, 1.82) is 0 Å². The predicted octanol–water partition coefficient (Wildman–Crippen LogP) is 0.247. The van der Waals surface area contributed by atoms with Gasteiger partial charge >= 0.3 is 11.0 Å². The number of carboxylic acid groups (broad SMARTS) is 1. The molecular formula is C6H10NO2S+. The van der Waals surface area contributed by atoms with Crippen LogP contribution in [0, 0.1) is 0 Å². The van der Waals surface area contributed by atoms with E-state index in [-0.39, 0.29) is 0 Å². The summed E-state index contributed by atoms with van der Waals surface area (Å²) in [6.45, 7) is 2.02. The van der Waals surface area contributed by atoms with Crippen LogP contribution in [0.5, 0.6) is 0 Å². The van der Waals surface area contributed by atoms with Crippen molar-refractivity contribution in [3.8, 4) is 0 Å². The van der Waals surface area contributed by atoms with Crippen LogP contribution in [0.1, 0.15) is 6.92 Å². The van der Waals surface area contributed by atoms with Crippen molar-refractivity contribution in [1.82, 2.24) is 0 Å². The second-order valence-electron chi connectivity index (χ2n) is 2.38. The number of carboxylic acids is 1. The molecular weight excluding hydrogens is 150 g/mol. The molecule has 0 aromatic carbocycles. The van der Waals surface area contributed by atoms with Crippen LogP contribution in [-0.2, 0) is 4.79 Å². The number of carbonyl (C=O) groups is 1. The molecule has 4 heteroatoms. The Bertz CT molecular complexity index is 200. The van der Waals surface area contributed by atoms with Gasteiger partial charge in [-0.3, -0.25) is 0 Å². The average Bonchev–Trinajstić information content (AvgIpc) is 2.14. The van der Waals surface area contributed by atoms with Crippen molar-refractivity contribution < 1.29 is 14.5 Å². The lowest BCUT2D eigenvalue weighted by atomic mass is 10.4. The van der Waals surface area contributed by atoms with E-state index in [1.807, 2.05) is 14.0 Å². The van der Waals surface area contributed by atoms with E-state index in [1.165, 1.54) is 11.8 Å². The van der Waals surface area contributed by atoms with Gasteiger partial charge in [0.05, 0.1) is 5.75 Å². The van der Waals surface area contributed by atoms with E-state index in [1.54, 1.807) is 4.58 Å². The van der Waals surface area contributed by atoms with Crippen LogP contribution >= 0.6 is 11.8 Å². The quantitative estimate of drug-likeness (QED) is 0.559. The zero-order valence-electron chi connectivity index (χ0n) is 6.00. The number of thioether (sulfide) groups is 1. The first kappa shape index (κ1) is 7.60. The smallest absolute Gasteiger partial charge is 0.408 e. The summed E-state index contributed by atoms with van der Waals surface area (Å²) >= 11 is 1.41. The minimum absolute atomic E-state index is 0.357. The number of hydrogen-bond acceptors (Lipinski definition) is 2. The summed E-state index contributed by atoms with van der Waals surface area (Å²) in [4.78, 5) is 10.5. The first-order chi connectivity index (χ1) is 4.63. The Morgan fingerprint density at radius 3 is 2.70 bits per heavy atom. The summed E-state index contributed by atoms with van der Waals surface area (Å²) < 4.78 is 1.80. The zero-order valence-corrected chi connectivity index (χ0v) is 6.81. The van der Waals surface area contributed by atoms with Crippen LogP contribution < -0.4 is 0 Å². The van der Waals surface area contributed by atoms with Crippen molar-refractivity contribution in [3.63, 3.8) is 0 Å². The number of aliphatic carboxylic acids is 1. The molecule has 0 radical (unpaired) electrons. The van der Waals surface area contributed by atoms with Crippen LogP contribution in [0.3, 0.4) is 0 Å². The molecule has 1 aliphatic rings. The molecule has 0 amide bonds. The molecule has 1 atom stereocenters. The maximum Gasteiger partial charge on any atom is 0.408 e. The summed E-state index contributed by atoms with van der Waals surface area (Å²) in [5.74, 6) is 0.0786. The van der Waals surface area contributed by atoms with Crippen LogP contribution in [0.4, 0.5) is 0 Å². The molecule has 0 fully saturated rings. The normalized spacial score (nSPS) is 25.6. The van der Waals surface area contributed by atoms with Crippen LogP contribution in [0.15, 0.2) is 0 Å². The van der Waals surface area contributed by atoms with Crippen molar-refractivity contribution in [2.45, 2.75) is 13.0 Å². The van der Waals surface area contributed by atoms with Crippen molar-refractivity contribution in [2.75, 3.05) is 12.8 Å². The van der Waals surface area contributed by atoms with Gasteiger partial charge in [0.1, 0.15) is 7.05 Å². The highest BCUT2D eigenvalue weighted by molar-refractivity contribution is 8.15. The summed E-state index contributed by atoms with van der Waals surface area (Å²) in [6.07, 6.45) is 0. The molecule has 0 spiro atoms. The van der Waals surface area contributed by atoms with Gasteiger partial charge < -0.3 is 5.11 Å². The number of nitrogens with zero attached hydrogens (tertiary/aromatic N) is 1. The largest absolute Gasteiger partial charge is 0.473 e. The number of rotatable bonds is 1. The van der Waals surface area contributed by atoms with Crippen LogP contribution in [-0.4, -0.2) is 39.5 Å². The van der Waals surface area contributed by atoms with E-state index >= 15 is 0 Å². The molecule has 0 aromatic heterocycles. The first-order valence-corrected chi connectivity index (χ1v) is 4.07. The molecule has 0 saturated carbocycles. The van der Waals surface area contributed by atoms with Gasteiger partial charge in [0.25, 0.3) is 0 Å². The molecule has 3 nitrogen and oxygen atoms in total. The monoisotopic (exact) mass is 160 g/mol. The molecule has 1 rings (SSSR count). The molecule has 1 aliphatic heterocycles. The summed E-state index contributed by atoms with van der Waals surface area (Å²) in [6, 6.07) is 0.357. The Balaban J connectivity index is 2.85. The Kier molecular flexibility index (Phi) is 1.99. The third-order valence-electron chi connectivity index (χ3n) is 1.63. The highest BCUT2D eigenvalue weighted by atomic mass is 32.2. The molecule has 10 heavy (non-hydrogen) atoms. The highest BCUT2D eigenvalue weighted by Gasteiger charge is 2.32. The van der Waals surface area contributed by atoms with Crippen LogP contribution in [0.2, 0.25) is 0 Å². The van der Waals surface area contributed by atoms with Gasteiger partial charge in [0.15, 0.2) is 6.04 Å². The molecule has 0 saturated heterocycles. The van der Waals surface area contributed by atoms with Crippen molar-refractivity contribution in [2.24, 2.45) is 0 Å². The average molecular weight is 160 g/mol. The lowest BCUT2D eigenvalue weighted by molar-refractivity contribution is -0.521. The Morgan fingerprint density at radius 2 is 2.50 bits per heavy atom. The predicted molar refractivity (Wildman–Crippen MR) is 40.7 cm³/mol. The summed E-state index contributed by atoms with van der Waals surface area (Å²) in [7, 11) is 1.81. The van der Waals surface area contributed by atoms with Gasteiger partial charge in [-0.15, -0.1) is 0 Å². The lowest BCUT2D eigenvalue weighted by Crippen LogP contribution is -2.22. The summed E-state index contributed by atoms with van der Waals surface area (Å²) in [5.41, 5.74) is 0. The molecule has 1 N–H and O–H groups in total. The zero-order chi connectivity index (χ0) is 7.72. The maximum absolute atomic E-state index is 10.5. The van der Waals surface area contributed by atoms with Crippen molar-refractivity contribution >= 4 is 22.8 Å². The molecule has 0 aliphatic carbocycles. The third kappa shape index (κ3) is 1.16. The van der Waals surface area contributed by atoms with E-state index in [4.69, 9.17) is 5.11 Å². The van der Waals surface area contributed by atoms with Gasteiger partial charge in [-0.2, -0.15) is 0 Å². The SMILES string of the molecule is CC1CSC(C(=O)O)=[N+]1C. The fourth-order valence-corrected chi connectivity index (χ4v) is 1.96. The summed E-state index contributed by atoms with van der Waals surface area (Å²) in [5, 5.41) is 9.07. The second kappa shape index (κ2) is 2.62. The molecule has 0 bridgehead atoms. The van der Waals surface area contributed by atoms with Gasteiger partial charge in [0, 0.05) is 0 Å².